The molecule has 0 spiro atoms. The molecule has 1 aliphatic rings. The number of carbonyl (C=O) groups excluding carboxylic acids is 3. The van der Waals surface area contributed by atoms with Gasteiger partial charge >= 0.3 is 6.03 Å². The van der Waals surface area contributed by atoms with Gasteiger partial charge in [-0.1, -0.05) is 35.0 Å². The normalized spacial score (nSPS) is 19.9. The first-order valence-electron chi connectivity index (χ1n) is 7.74. The number of hydrogen-bond acceptors (Lipinski definition) is 5. The van der Waals surface area contributed by atoms with Crippen molar-refractivity contribution in [2.75, 3.05) is 11.9 Å². The van der Waals surface area contributed by atoms with Crippen molar-refractivity contribution in [3.8, 4) is 0 Å². The first kappa shape index (κ1) is 16.7. The standard InChI is InChI=1S/C17H18N4O4/c1-10-4-6-12(7-5-10)17(3)15(23)21(16(24)19-17)9-14(22)18-13-8-11(2)25-20-13/h4-8H,9H2,1-3H3,(H,19,24)(H,18,20,22)/t17-/m0/s1. The number of carbonyl (C=O) groups is 3. The van der Waals surface area contributed by atoms with E-state index in [1.165, 1.54) is 0 Å². The van der Waals surface area contributed by atoms with Gasteiger partial charge < -0.3 is 15.2 Å². The molecule has 1 atom stereocenters. The van der Waals surface area contributed by atoms with Crippen LogP contribution < -0.4 is 10.6 Å². The van der Waals surface area contributed by atoms with Gasteiger partial charge in [-0.2, -0.15) is 0 Å². The van der Waals surface area contributed by atoms with Crippen LogP contribution in [0.25, 0.3) is 0 Å². The minimum absolute atomic E-state index is 0.232. The summed E-state index contributed by atoms with van der Waals surface area (Å²) in [6.45, 7) is 4.84. The molecule has 1 saturated heterocycles. The lowest BCUT2D eigenvalue weighted by Gasteiger charge is -2.22. The van der Waals surface area contributed by atoms with E-state index < -0.39 is 29.9 Å². The highest BCUT2D eigenvalue weighted by Gasteiger charge is 2.49. The molecule has 3 rings (SSSR count). The summed E-state index contributed by atoms with van der Waals surface area (Å²) in [6.07, 6.45) is 0. The Hall–Kier alpha value is -3.16. The molecule has 1 aliphatic heterocycles. The molecule has 2 aromatic rings. The summed E-state index contributed by atoms with van der Waals surface area (Å²) in [6, 6.07) is 8.23. The number of anilines is 1. The maximum atomic E-state index is 12.7. The van der Waals surface area contributed by atoms with E-state index in [0.29, 0.717) is 11.3 Å². The van der Waals surface area contributed by atoms with E-state index in [4.69, 9.17) is 4.52 Å². The molecule has 8 heteroatoms. The van der Waals surface area contributed by atoms with Crippen molar-refractivity contribution >= 4 is 23.7 Å². The number of aromatic nitrogens is 1. The molecule has 0 saturated carbocycles. The largest absolute Gasteiger partial charge is 0.360 e. The molecule has 2 heterocycles. The second kappa shape index (κ2) is 6.04. The Kier molecular flexibility index (Phi) is 4.03. The van der Waals surface area contributed by atoms with Gasteiger partial charge in [-0.3, -0.25) is 14.5 Å². The molecule has 8 nitrogen and oxygen atoms in total. The number of benzene rings is 1. The van der Waals surface area contributed by atoms with Gasteiger partial charge in [0, 0.05) is 6.07 Å². The van der Waals surface area contributed by atoms with Crippen LogP contribution in [0.2, 0.25) is 0 Å². The summed E-state index contributed by atoms with van der Waals surface area (Å²) < 4.78 is 4.85. The van der Waals surface area contributed by atoms with E-state index in [-0.39, 0.29) is 5.82 Å². The van der Waals surface area contributed by atoms with E-state index >= 15 is 0 Å². The van der Waals surface area contributed by atoms with Crippen LogP contribution in [-0.4, -0.2) is 34.4 Å². The third-order valence-electron chi connectivity index (χ3n) is 4.10. The first-order valence-corrected chi connectivity index (χ1v) is 7.74. The molecule has 0 unspecified atom stereocenters. The minimum Gasteiger partial charge on any atom is -0.360 e. The fraction of sp³-hybridized carbons (Fsp3) is 0.294. The van der Waals surface area contributed by atoms with Crippen LogP contribution >= 0.6 is 0 Å². The van der Waals surface area contributed by atoms with Crippen LogP contribution in [0.3, 0.4) is 0 Å². The van der Waals surface area contributed by atoms with Crippen molar-refractivity contribution < 1.29 is 18.9 Å². The third kappa shape index (κ3) is 3.10. The third-order valence-corrected chi connectivity index (χ3v) is 4.10. The number of aryl methyl sites for hydroxylation is 2. The Morgan fingerprint density at radius 1 is 1.28 bits per heavy atom. The summed E-state index contributed by atoms with van der Waals surface area (Å²) in [5.74, 6) is -0.245. The zero-order chi connectivity index (χ0) is 18.2. The number of rotatable bonds is 4. The number of nitrogens with one attached hydrogen (secondary N) is 2. The van der Waals surface area contributed by atoms with E-state index in [1.807, 2.05) is 19.1 Å². The van der Waals surface area contributed by atoms with Gasteiger partial charge in [-0.25, -0.2) is 4.79 Å². The van der Waals surface area contributed by atoms with Gasteiger partial charge in [-0.05, 0) is 26.3 Å². The lowest BCUT2D eigenvalue weighted by Crippen LogP contribution is -2.42. The zero-order valence-electron chi connectivity index (χ0n) is 14.1. The van der Waals surface area contributed by atoms with Crippen LogP contribution in [0.15, 0.2) is 34.9 Å². The Morgan fingerprint density at radius 2 is 1.96 bits per heavy atom. The molecular formula is C17H18N4O4. The molecule has 2 N–H and O–H groups in total. The maximum absolute atomic E-state index is 12.7. The van der Waals surface area contributed by atoms with Crippen molar-refractivity contribution in [1.29, 1.82) is 0 Å². The Bertz CT molecular complexity index is 843. The van der Waals surface area contributed by atoms with Crippen LogP contribution in [0.5, 0.6) is 0 Å². The monoisotopic (exact) mass is 342 g/mol. The maximum Gasteiger partial charge on any atom is 0.325 e. The highest BCUT2D eigenvalue weighted by Crippen LogP contribution is 2.28. The number of hydrogen-bond donors (Lipinski definition) is 2. The van der Waals surface area contributed by atoms with Gasteiger partial charge in [0.25, 0.3) is 5.91 Å². The first-order chi connectivity index (χ1) is 11.8. The lowest BCUT2D eigenvalue weighted by molar-refractivity contribution is -0.133. The second-order valence-corrected chi connectivity index (χ2v) is 6.18. The zero-order valence-corrected chi connectivity index (χ0v) is 14.1. The van der Waals surface area contributed by atoms with E-state index in [9.17, 15) is 14.4 Å². The van der Waals surface area contributed by atoms with Crippen LogP contribution in [0, 0.1) is 13.8 Å². The summed E-state index contributed by atoms with van der Waals surface area (Å²) >= 11 is 0. The molecule has 1 aromatic heterocycles. The van der Waals surface area contributed by atoms with Gasteiger partial charge in [0.05, 0.1) is 0 Å². The molecule has 25 heavy (non-hydrogen) atoms. The molecule has 130 valence electrons. The molecule has 4 amide bonds. The van der Waals surface area contributed by atoms with Crippen LogP contribution in [-0.2, 0) is 15.1 Å². The van der Waals surface area contributed by atoms with E-state index in [1.54, 1.807) is 32.0 Å². The van der Waals surface area contributed by atoms with Crippen molar-refractivity contribution in [3.05, 3.63) is 47.2 Å². The fourth-order valence-corrected chi connectivity index (χ4v) is 2.67. The Balaban J connectivity index is 1.74. The highest BCUT2D eigenvalue weighted by molar-refractivity contribution is 6.10. The highest BCUT2D eigenvalue weighted by atomic mass is 16.5. The lowest BCUT2D eigenvalue weighted by atomic mass is 9.91. The summed E-state index contributed by atoms with van der Waals surface area (Å²) in [5, 5.41) is 8.79. The molecular weight excluding hydrogens is 324 g/mol. The van der Waals surface area contributed by atoms with E-state index in [0.717, 1.165) is 10.5 Å². The van der Waals surface area contributed by atoms with Gasteiger partial charge in [-0.15, -0.1) is 0 Å². The van der Waals surface area contributed by atoms with Gasteiger partial charge in [0.15, 0.2) is 5.82 Å². The molecule has 0 radical (unpaired) electrons. The number of amides is 4. The van der Waals surface area contributed by atoms with Gasteiger partial charge in [0.2, 0.25) is 5.91 Å². The Labute approximate surface area is 144 Å². The molecule has 0 bridgehead atoms. The van der Waals surface area contributed by atoms with Gasteiger partial charge in [0.1, 0.15) is 17.8 Å². The average molecular weight is 342 g/mol. The van der Waals surface area contributed by atoms with Crippen molar-refractivity contribution in [2.45, 2.75) is 26.3 Å². The molecule has 1 fully saturated rings. The van der Waals surface area contributed by atoms with Crippen LogP contribution in [0.1, 0.15) is 23.8 Å². The second-order valence-electron chi connectivity index (χ2n) is 6.18. The Morgan fingerprint density at radius 3 is 2.56 bits per heavy atom. The number of nitrogens with zero attached hydrogens (tertiary/aromatic N) is 2. The summed E-state index contributed by atoms with van der Waals surface area (Å²) in [7, 11) is 0. The number of urea groups is 1. The minimum atomic E-state index is -1.20. The van der Waals surface area contributed by atoms with E-state index in [2.05, 4.69) is 15.8 Å². The SMILES string of the molecule is Cc1ccc([C@]2(C)NC(=O)N(CC(=O)Nc3cc(C)on3)C2=O)cc1. The van der Waals surface area contributed by atoms with Crippen molar-refractivity contribution in [2.24, 2.45) is 0 Å². The fourth-order valence-electron chi connectivity index (χ4n) is 2.67. The number of imide groups is 1. The van der Waals surface area contributed by atoms with Crippen molar-refractivity contribution in [3.63, 3.8) is 0 Å². The molecule has 1 aromatic carbocycles. The summed E-state index contributed by atoms with van der Waals surface area (Å²) in [5.41, 5.74) is 0.505. The topological polar surface area (TPSA) is 105 Å². The quantitative estimate of drug-likeness (QED) is 0.823. The predicted molar refractivity (Wildman–Crippen MR) is 88.6 cm³/mol. The summed E-state index contributed by atoms with van der Waals surface area (Å²) in [4.78, 5) is 37.9. The smallest absolute Gasteiger partial charge is 0.325 e. The predicted octanol–water partition coefficient (Wildman–Crippen LogP) is 1.70. The van der Waals surface area contributed by atoms with Crippen molar-refractivity contribution in [1.82, 2.24) is 15.4 Å². The van der Waals surface area contributed by atoms with Crippen LogP contribution in [0.4, 0.5) is 10.6 Å². The molecule has 0 aliphatic carbocycles. The average Bonchev–Trinajstić information content (AvgIpc) is 3.05.